The molecule has 1 aromatic carbocycles. The zero-order valence-corrected chi connectivity index (χ0v) is 17.8. The van der Waals surface area contributed by atoms with E-state index in [2.05, 4.69) is 10.2 Å². The molecule has 0 aliphatic carbocycles. The summed E-state index contributed by atoms with van der Waals surface area (Å²) in [5, 5.41) is 13.7. The van der Waals surface area contributed by atoms with Crippen molar-refractivity contribution in [1.29, 1.82) is 0 Å². The fourth-order valence-corrected chi connectivity index (χ4v) is 4.08. The number of anilines is 2. The van der Waals surface area contributed by atoms with Crippen LogP contribution in [0.3, 0.4) is 0 Å². The third kappa shape index (κ3) is 4.03. The highest BCUT2D eigenvalue weighted by Gasteiger charge is 2.19. The Morgan fingerprint density at radius 3 is 2.70 bits per heavy atom. The first-order valence-electron chi connectivity index (χ1n) is 10.2. The van der Waals surface area contributed by atoms with E-state index >= 15 is 0 Å². The van der Waals surface area contributed by atoms with Crippen LogP contribution in [0.4, 0.5) is 11.5 Å². The van der Waals surface area contributed by atoms with Gasteiger partial charge in [-0.3, -0.25) is 4.40 Å². The van der Waals surface area contributed by atoms with Crippen LogP contribution in [0.1, 0.15) is 24.8 Å². The van der Waals surface area contributed by atoms with Gasteiger partial charge < -0.3 is 25.8 Å². The SMILES string of the molecule is COc1cc(CO)c(-c2cn3cc(NCCN)c(N4CCCCC4)nc3n2)cc1Cl. The molecule has 3 aromatic rings. The minimum Gasteiger partial charge on any atom is -0.495 e. The van der Waals surface area contributed by atoms with E-state index in [0.29, 0.717) is 40.9 Å². The van der Waals surface area contributed by atoms with E-state index in [1.807, 2.05) is 16.8 Å². The molecule has 0 spiro atoms. The number of aliphatic hydroxyl groups is 1. The van der Waals surface area contributed by atoms with Gasteiger partial charge >= 0.3 is 0 Å². The van der Waals surface area contributed by atoms with Gasteiger partial charge in [0.05, 0.1) is 30.1 Å². The van der Waals surface area contributed by atoms with Crippen molar-refractivity contribution in [2.45, 2.75) is 25.9 Å². The molecule has 9 heteroatoms. The average molecular weight is 431 g/mol. The Kier molecular flexibility index (Phi) is 6.26. The number of halogens is 1. The Morgan fingerprint density at radius 2 is 2.00 bits per heavy atom. The maximum Gasteiger partial charge on any atom is 0.236 e. The van der Waals surface area contributed by atoms with Gasteiger partial charge in [0.2, 0.25) is 5.78 Å². The summed E-state index contributed by atoms with van der Waals surface area (Å²) in [6.45, 7) is 3.02. The molecule has 0 radical (unpaired) electrons. The summed E-state index contributed by atoms with van der Waals surface area (Å²) in [7, 11) is 1.55. The Morgan fingerprint density at radius 1 is 1.20 bits per heavy atom. The van der Waals surface area contributed by atoms with Gasteiger partial charge in [-0.1, -0.05) is 11.6 Å². The molecule has 0 atom stereocenters. The lowest BCUT2D eigenvalue weighted by atomic mass is 10.1. The number of ether oxygens (including phenoxy) is 1. The number of imidazole rings is 1. The fraction of sp³-hybridized carbons (Fsp3) is 0.429. The zero-order valence-electron chi connectivity index (χ0n) is 17.1. The van der Waals surface area contributed by atoms with Gasteiger partial charge in [0.25, 0.3) is 0 Å². The topological polar surface area (TPSA) is 101 Å². The number of rotatable bonds is 7. The second-order valence-corrected chi connectivity index (χ2v) is 7.78. The van der Waals surface area contributed by atoms with Crippen LogP contribution in [0, 0.1) is 0 Å². The third-order valence-electron chi connectivity index (χ3n) is 5.37. The molecule has 0 unspecified atom stereocenters. The summed E-state index contributed by atoms with van der Waals surface area (Å²) < 4.78 is 7.16. The van der Waals surface area contributed by atoms with Crippen LogP contribution in [-0.2, 0) is 6.61 Å². The Balaban J connectivity index is 1.79. The van der Waals surface area contributed by atoms with Gasteiger partial charge in [-0.2, -0.15) is 4.98 Å². The second kappa shape index (κ2) is 9.07. The van der Waals surface area contributed by atoms with Crippen molar-refractivity contribution in [3.8, 4) is 17.0 Å². The number of hydrogen-bond acceptors (Lipinski definition) is 7. The zero-order chi connectivity index (χ0) is 21.1. The van der Waals surface area contributed by atoms with Crippen LogP contribution < -0.4 is 20.7 Å². The number of nitrogens with zero attached hydrogens (tertiary/aromatic N) is 4. The van der Waals surface area contributed by atoms with Gasteiger partial charge in [0.1, 0.15) is 5.75 Å². The molecule has 1 fully saturated rings. The number of piperidine rings is 1. The molecule has 1 aliphatic heterocycles. The Labute approximate surface area is 180 Å². The summed E-state index contributed by atoms with van der Waals surface area (Å²) in [5.41, 5.74) is 8.78. The monoisotopic (exact) mass is 430 g/mol. The van der Waals surface area contributed by atoms with Gasteiger partial charge in [-0.15, -0.1) is 0 Å². The fourth-order valence-electron chi connectivity index (χ4n) is 3.84. The number of nitrogens with two attached hydrogens (primary N) is 1. The summed E-state index contributed by atoms with van der Waals surface area (Å²) >= 11 is 6.33. The predicted molar refractivity (Wildman–Crippen MR) is 120 cm³/mol. The molecular formula is C21H27ClN6O2. The van der Waals surface area contributed by atoms with Gasteiger partial charge in [-0.05, 0) is 37.0 Å². The Bertz CT molecular complexity index is 1030. The highest BCUT2D eigenvalue weighted by atomic mass is 35.5. The van der Waals surface area contributed by atoms with E-state index in [1.165, 1.54) is 6.42 Å². The van der Waals surface area contributed by atoms with E-state index in [1.54, 1.807) is 19.2 Å². The van der Waals surface area contributed by atoms with E-state index in [9.17, 15) is 5.11 Å². The molecule has 30 heavy (non-hydrogen) atoms. The molecule has 4 rings (SSSR count). The summed E-state index contributed by atoms with van der Waals surface area (Å²) in [5.74, 6) is 2.02. The van der Waals surface area contributed by atoms with E-state index in [-0.39, 0.29) is 6.61 Å². The minimum atomic E-state index is -0.146. The molecule has 0 bridgehead atoms. The van der Waals surface area contributed by atoms with E-state index in [0.717, 1.165) is 43.0 Å². The van der Waals surface area contributed by atoms with Crippen LogP contribution in [0.5, 0.6) is 5.75 Å². The number of aliphatic hydroxyl groups excluding tert-OH is 1. The van der Waals surface area contributed by atoms with Crippen molar-refractivity contribution in [2.75, 3.05) is 43.5 Å². The van der Waals surface area contributed by atoms with Crippen molar-refractivity contribution in [3.05, 3.63) is 35.1 Å². The first kappa shape index (κ1) is 20.7. The second-order valence-electron chi connectivity index (χ2n) is 7.38. The van der Waals surface area contributed by atoms with Crippen LogP contribution in [0.15, 0.2) is 24.5 Å². The summed E-state index contributed by atoms with van der Waals surface area (Å²) in [6.07, 6.45) is 7.47. The highest BCUT2D eigenvalue weighted by molar-refractivity contribution is 6.32. The molecule has 0 amide bonds. The molecule has 3 heterocycles. The van der Waals surface area contributed by atoms with Crippen LogP contribution in [0.2, 0.25) is 5.02 Å². The van der Waals surface area contributed by atoms with Crippen LogP contribution >= 0.6 is 11.6 Å². The van der Waals surface area contributed by atoms with E-state index < -0.39 is 0 Å². The first-order chi connectivity index (χ1) is 14.6. The number of nitrogens with one attached hydrogen (secondary N) is 1. The molecule has 1 saturated heterocycles. The van der Waals surface area contributed by atoms with Crippen molar-refractivity contribution < 1.29 is 9.84 Å². The highest BCUT2D eigenvalue weighted by Crippen LogP contribution is 2.34. The van der Waals surface area contributed by atoms with E-state index in [4.69, 9.17) is 32.0 Å². The van der Waals surface area contributed by atoms with Gasteiger partial charge in [0, 0.05) is 44.1 Å². The predicted octanol–water partition coefficient (Wildman–Crippen LogP) is 2.91. The standard InChI is InChI=1S/C21H27ClN6O2/c1-30-19-9-14(13-29)15(10-16(19)22)17-11-28-12-18(24-6-5-23)20(26-21(28)25-17)27-7-3-2-4-8-27/h9-12,24,29H,2-8,13,23H2,1H3. The lowest BCUT2D eigenvalue weighted by Crippen LogP contribution is -2.31. The smallest absolute Gasteiger partial charge is 0.236 e. The molecule has 160 valence electrons. The van der Waals surface area contributed by atoms with Gasteiger partial charge in [0.15, 0.2) is 5.82 Å². The third-order valence-corrected chi connectivity index (χ3v) is 5.66. The number of benzene rings is 1. The molecule has 2 aromatic heterocycles. The number of methoxy groups -OCH3 is 1. The Hall–Kier alpha value is -2.55. The van der Waals surface area contributed by atoms with Crippen molar-refractivity contribution in [1.82, 2.24) is 14.4 Å². The largest absolute Gasteiger partial charge is 0.495 e. The van der Waals surface area contributed by atoms with Gasteiger partial charge in [-0.25, -0.2) is 4.98 Å². The summed E-state index contributed by atoms with van der Waals surface area (Å²) in [4.78, 5) is 11.9. The molecule has 4 N–H and O–H groups in total. The molecule has 0 saturated carbocycles. The van der Waals surface area contributed by atoms with Crippen LogP contribution in [0.25, 0.3) is 17.0 Å². The maximum absolute atomic E-state index is 9.84. The number of hydrogen-bond donors (Lipinski definition) is 3. The molecular weight excluding hydrogens is 404 g/mol. The lowest BCUT2D eigenvalue weighted by Gasteiger charge is -2.29. The van der Waals surface area contributed by atoms with Crippen molar-refractivity contribution in [3.63, 3.8) is 0 Å². The van der Waals surface area contributed by atoms with Crippen molar-refractivity contribution in [2.24, 2.45) is 5.73 Å². The quantitative estimate of drug-likeness (QED) is 0.529. The lowest BCUT2D eigenvalue weighted by molar-refractivity contribution is 0.281. The number of aromatic nitrogens is 3. The minimum absolute atomic E-state index is 0.146. The first-order valence-corrected chi connectivity index (χ1v) is 10.6. The molecule has 8 nitrogen and oxygen atoms in total. The normalized spacial score (nSPS) is 14.3. The molecule has 1 aliphatic rings. The maximum atomic E-state index is 9.84. The van der Waals surface area contributed by atoms with Crippen molar-refractivity contribution >= 4 is 28.9 Å². The average Bonchev–Trinajstić information content (AvgIpc) is 3.20. The van der Waals surface area contributed by atoms with Crippen LogP contribution in [-0.4, -0.2) is 52.8 Å². The number of fused-ring (bicyclic) bond motifs is 1. The summed E-state index contributed by atoms with van der Waals surface area (Å²) in [6, 6.07) is 3.51.